The molecule has 7 nitrogen and oxygen atoms in total. The number of aryl methyl sites for hydroxylation is 2. The van der Waals surface area contributed by atoms with E-state index in [9.17, 15) is 8.42 Å². The Morgan fingerprint density at radius 1 is 1.33 bits per heavy atom. The van der Waals surface area contributed by atoms with Crippen LogP contribution >= 0.6 is 11.6 Å². The number of hydrogen-bond acceptors (Lipinski definition) is 4. The summed E-state index contributed by atoms with van der Waals surface area (Å²) in [4.78, 5) is 3.84. The molecule has 0 unspecified atom stereocenters. The lowest BCUT2D eigenvalue weighted by molar-refractivity contribution is 0.516. The molecule has 0 aromatic carbocycles. The zero-order chi connectivity index (χ0) is 15.9. The molecule has 9 heteroatoms. The number of aromatic nitrogens is 4. The second-order valence-electron chi connectivity index (χ2n) is 5.14. The maximum atomic E-state index is 12.4. The highest BCUT2D eigenvalue weighted by Crippen LogP contribution is 2.27. The first kappa shape index (κ1) is 15.8. The highest BCUT2D eigenvalue weighted by molar-refractivity contribution is 7.92. The van der Waals surface area contributed by atoms with Crippen molar-refractivity contribution >= 4 is 27.3 Å². The number of rotatable bonds is 4. The lowest BCUT2D eigenvalue weighted by Gasteiger charge is -2.10. The molecule has 0 amide bonds. The number of halogens is 1. The van der Waals surface area contributed by atoms with Crippen molar-refractivity contribution in [3.05, 3.63) is 22.9 Å². The lowest BCUT2D eigenvalue weighted by atomic mass is 10.3. The summed E-state index contributed by atoms with van der Waals surface area (Å²) in [6, 6.07) is 0.139. The monoisotopic (exact) mass is 331 g/mol. The van der Waals surface area contributed by atoms with E-state index < -0.39 is 10.0 Å². The minimum atomic E-state index is -3.85. The summed E-state index contributed by atoms with van der Waals surface area (Å²) < 4.78 is 30.6. The van der Waals surface area contributed by atoms with E-state index in [0.29, 0.717) is 11.4 Å². The molecule has 21 heavy (non-hydrogen) atoms. The predicted octanol–water partition coefficient (Wildman–Crippen LogP) is 2.27. The fourth-order valence-corrected chi connectivity index (χ4v) is 3.68. The Balaban J connectivity index is 2.45. The molecule has 0 aliphatic rings. The van der Waals surface area contributed by atoms with Crippen LogP contribution in [0.15, 0.2) is 11.4 Å². The van der Waals surface area contributed by atoms with Crippen LogP contribution in [-0.4, -0.2) is 27.7 Å². The smallest absolute Gasteiger partial charge is 0.282 e. The molecule has 0 radical (unpaired) electrons. The van der Waals surface area contributed by atoms with Crippen molar-refractivity contribution in [2.45, 2.75) is 38.8 Å². The van der Waals surface area contributed by atoms with Gasteiger partial charge >= 0.3 is 0 Å². The van der Waals surface area contributed by atoms with Gasteiger partial charge in [0.1, 0.15) is 5.15 Å². The average molecular weight is 332 g/mol. The van der Waals surface area contributed by atoms with Crippen LogP contribution in [-0.2, 0) is 17.1 Å². The van der Waals surface area contributed by atoms with Gasteiger partial charge in [-0.25, -0.2) is 4.98 Å². The molecule has 2 aromatic rings. The normalized spacial score (nSPS) is 12.1. The Morgan fingerprint density at radius 3 is 2.38 bits per heavy atom. The SMILES string of the molecule is Cc1nn(C(C)C)c(C)c1NS(=O)(=O)c1ncn(C)c1Cl. The van der Waals surface area contributed by atoms with Gasteiger partial charge in [-0.1, -0.05) is 11.6 Å². The number of sulfonamides is 1. The van der Waals surface area contributed by atoms with Gasteiger partial charge < -0.3 is 4.57 Å². The summed E-state index contributed by atoms with van der Waals surface area (Å²) in [5.41, 5.74) is 1.82. The molecule has 116 valence electrons. The first-order valence-electron chi connectivity index (χ1n) is 6.40. The molecule has 2 heterocycles. The molecule has 0 saturated heterocycles. The van der Waals surface area contributed by atoms with E-state index in [-0.39, 0.29) is 16.2 Å². The van der Waals surface area contributed by atoms with Crippen molar-refractivity contribution in [3.63, 3.8) is 0 Å². The van der Waals surface area contributed by atoms with Crippen LogP contribution in [0.25, 0.3) is 0 Å². The molecule has 0 fully saturated rings. The Labute approximate surface area is 129 Å². The Hall–Kier alpha value is -1.54. The third-order valence-electron chi connectivity index (χ3n) is 3.14. The number of hydrogen-bond donors (Lipinski definition) is 1. The molecular formula is C12H18ClN5O2S. The summed E-state index contributed by atoms with van der Waals surface area (Å²) in [5.74, 6) is 0. The largest absolute Gasteiger partial charge is 0.324 e. The van der Waals surface area contributed by atoms with Crippen molar-refractivity contribution in [2.24, 2.45) is 7.05 Å². The van der Waals surface area contributed by atoms with E-state index in [1.165, 1.54) is 10.9 Å². The summed E-state index contributed by atoms with van der Waals surface area (Å²) in [6.45, 7) is 7.53. The van der Waals surface area contributed by atoms with Crippen molar-refractivity contribution in [1.82, 2.24) is 19.3 Å². The van der Waals surface area contributed by atoms with Crippen LogP contribution < -0.4 is 4.72 Å². The van der Waals surface area contributed by atoms with Gasteiger partial charge in [-0.3, -0.25) is 9.40 Å². The van der Waals surface area contributed by atoms with Gasteiger partial charge in [0.15, 0.2) is 0 Å². The third kappa shape index (κ3) is 2.77. The van der Waals surface area contributed by atoms with Crippen molar-refractivity contribution in [2.75, 3.05) is 4.72 Å². The van der Waals surface area contributed by atoms with E-state index >= 15 is 0 Å². The molecule has 0 saturated carbocycles. The van der Waals surface area contributed by atoms with Gasteiger partial charge in [0.2, 0.25) is 5.03 Å². The van der Waals surface area contributed by atoms with E-state index in [1.54, 1.807) is 18.7 Å². The molecule has 0 spiro atoms. The highest BCUT2D eigenvalue weighted by atomic mass is 35.5. The lowest BCUT2D eigenvalue weighted by Crippen LogP contribution is -2.15. The van der Waals surface area contributed by atoms with Crippen LogP contribution in [0, 0.1) is 13.8 Å². The second kappa shape index (κ2) is 5.34. The molecule has 2 aromatic heterocycles. The van der Waals surface area contributed by atoms with Crippen molar-refractivity contribution in [3.8, 4) is 0 Å². The van der Waals surface area contributed by atoms with E-state index in [4.69, 9.17) is 11.6 Å². The van der Waals surface area contributed by atoms with E-state index in [0.717, 1.165) is 5.69 Å². The summed E-state index contributed by atoms with van der Waals surface area (Å²) in [7, 11) is -2.22. The van der Waals surface area contributed by atoms with Gasteiger partial charge in [-0.15, -0.1) is 0 Å². The van der Waals surface area contributed by atoms with Gasteiger partial charge in [0.25, 0.3) is 10.0 Å². The standard InChI is InChI=1S/C12H18ClN5O2S/c1-7(2)18-9(4)10(8(3)15-18)16-21(19,20)12-11(13)17(5)6-14-12/h6-7,16H,1-5H3. The predicted molar refractivity (Wildman–Crippen MR) is 81.1 cm³/mol. The first-order chi connectivity index (χ1) is 9.65. The molecule has 2 rings (SSSR count). The summed E-state index contributed by atoms with van der Waals surface area (Å²) >= 11 is 5.96. The van der Waals surface area contributed by atoms with Crippen molar-refractivity contribution < 1.29 is 8.42 Å². The zero-order valence-corrected chi connectivity index (χ0v) is 14.1. The van der Waals surface area contributed by atoms with Crippen LogP contribution in [0.2, 0.25) is 5.15 Å². The number of imidazole rings is 1. The van der Waals surface area contributed by atoms with Crippen LogP contribution in [0.1, 0.15) is 31.3 Å². The van der Waals surface area contributed by atoms with Gasteiger partial charge in [0, 0.05) is 13.1 Å². The minimum Gasteiger partial charge on any atom is -0.324 e. The fourth-order valence-electron chi connectivity index (χ4n) is 2.07. The molecule has 0 aliphatic carbocycles. The quantitative estimate of drug-likeness (QED) is 0.931. The van der Waals surface area contributed by atoms with Crippen molar-refractivity contribution in [1.29, 1.82) is 0 Å². The van der Waals surface area contributed by atoms with Crippen LogP contribution in [0.3, 0.4) is 0 Å². The molecular weight excluding hydrogens is 314 g/mol. The molecule has 0 aliphatic heterocycles. The number of nitrogens with zero attached hydrogens (tertiary/aromatic N) is 4. The maximum Gasteiger partial charge on any atom is 0.282 e. The van der Waals surface area contributed by atoms with E-state index in [1.807, 2.05) is 20.8 Å². The summed E-state index contributed by atoms with van der Waals surface area (Å²) in [5, 5.41) is 4.22. The maximum absolute atomic E-state index is 12.4. The first-order valence-corrected chi connectivity index (χ1v) is 8.26. The third-order valence-corrected chi connectivity index (χ3v) is 4.98. The number of anilines is 1. The molecule has 1 N–H and O–H groups in total. The second-order valence-corrected chi connectivity index (χ2v) is 7.10. The molecule has 0 atom stereocenters. The van der Waals surface area contributed by atoms with Gasteiger partial charge in [-0.2, -0.15) is 13.5 Å². The zero-order valence-electron chi connectivity index (χ0n) is 12.5. The van der Waals surface area contributed by atoms with Crippen LogP contribution in [0.5, 0.6) is 0 Å². The summed E-state index contributed by atoms with van der Waals surface area (Å²) in [6.07, 6.45) is 1.36. The average Bonchev–Trinajstić information content (AvgIpc) is 2.85. The topological polar surface area (TPSA) is 81.8 Å². The Bertz CT molecular complexity index is 776. The molecule has 0 bridgehead atoms. The van der Waals surface area contributed by atoms with Gasteiger partial charge in [-0.05, 0) is 27.7 Å². The Kier molecular flexibility index (Phi) is 4.03. The fraction of sp³-hybridized carbons (Fsp3) is 0.500. The Morgan fingerprint density at radius 2 is 1.95 bits per heavy atom. The van der Waals surface area contributed by atoms with Gasteiger partial charge in [0.05, 0.1) is 23.4 Å². The van der Waals surface area contributed by atoms with Crippen LogP contribution in [0.4, 0.5) is 5.69 Å². The van der Waals surface area contributed by atoms with E-state index in [2.05, 4.69) is 14.8 Å². The minimum absolute atomic E-state index is 0.0639. The number of nitrogens with one attached hydrogen (secondary N) is 1. The highest BCUT2D eigenvalue weighted by Gasteiger charge is 2.25.